The highest BCUT2D eigenvalue weighted by Crippen LogP contribution is 2.23. The van der Waals surface area contributed by atoms with Gasteiger partial charge in [0.15, 0.2) is 0 Å². The lowest BCUT2D eigenvalue weighted by atomic mass is 9.94. The normalized spacial score (nSPS) is 18.8. The van der Waals surface area contributed by atoms with Gasteiger partial charge in [0, 0.05) is 16.9 Å². The molecule has 2 aromatic rings. The summed E-state index contributed by atoms with van der Waals surface area (Å²) >= 11 is 3.12. The van der Waals surface area contributed by atoms with E-state index in [1.165, 1.54) is 12.1 Å². The van der Waals surface area contributed by atoms with Crippen LogP contribution < -0.4 is 16.1 Å². The number of imide groups is 1. The first-order chi connectivity index (χ1) is 13.3. The number of aromatic nitrogens is 1. The van der Waals surface area contributed by atoms with Crippen molar-refractivity contribution in [2.24, 2.45) is 0 Å². The summed E-state index contributed by atoms with van der Waals surface area (Å²) in [7, 11) is 0. The lowest BCUT2D eigenvalue weighted by Crippen LogP contribution is -2.50. The van der Waals surface area contributed by atoms with Crippen molar-refractivity contribution in [1.82, 2.24) is 20.7 Å². The second kappa shape index (κ2) is 7.93. The molecule has 0 spiro atoms. The molecule has 1 aromatic heterocycles. The summed E-state index contributed by atoms with van der Waals surface area (Å²) in [6.07, 6.45) is 4.16. The molecule has 0 bridgehead atoms. The van der Waals surface area contributed by atoms with Crippen LogP contribution in [-0.2, 0) is 11.2 Å². The van der Waals surface area contributed by atoms with Crippen molar-refractivity contribution >= 4 is 39.6 Å². The van der Waals surface area contributed by atoms with Gasteiger partial charge in [0.1, 0.15) is 11.4 Å². The van der Waals surface area contributed by atoms with Crippen LogP contribution in [0.4, 0.5) is 19.7 Å². The van der Waals surface area contributed by atoms with Crippen LogP contribution in [0.15, 0.2) is 47.2 Å². The van der Waals surface area contributed by atoms with Gasteiger partial charge in [0.05, 0.1) is 5.69 Å². The van der Waals surface area contributed by atoms with Crippen LogP contribution in [0.2, 0.25) is 0 Å². The number of rotatable bonds is 5. The molecule has 8 nitrogen and oxygen atoms in total. The van der Waals surface area contributed by atoms with Crippen molar-refractivity contribution in [2.45, 2.75) is 25.3 Å². The summed E-state index contributed by atoms with van der Waals surface area (Å²) in [6, 6.07) is 6.05. The SMILES string of the molecule is C[C@]1(CCc2ccncc2)NC(=O)N(NC(=O)Nc2ccc(Br)cc2F)C1=O. The quantitative estimate of drug-likeness (QED) is 0.610. The number of urea groups is 2. The Kier molecular flexibility index (Phi) is 5.59. The fraction of sp³-hybridized carbons (Fsp3) is 0.222. The van der Waals surface area contributed by atoms with Crippen LogP contribution in [0.25, 0.3) is 0 Å². The van der Waals surface area contributed by atoms with E-state index in [2.05, 4.69) is 37.0 Å². The van der Waals surface area contributed by atoms with Gasteiger partial charge in [0.2, 0.25) is 0 Å². The Labute approximate surface area is 168 Å². The predicted molar refractivity (Wildman–Crippen MR) is 103 cm³/mol. The zero-order valence-electron chi connectivity index (χ0n) is 14.8. The topological polar surface area (TPSA) is 103 Å². The van der Waals surface area contributed by atoms with E-state index in [0.717, 1.165) is 5.56 Å². The number of aryl methyl sites for hydroxylation is 1. The van der Waals surface area contributed by atoms with Gasteiger partial charge < -0.3 is 10.6 Å². The number of pyridine rings is 1. The third kappa shape index (κ3) is 4.28. The van der Waals surface area contributed by atoms with Crippen LogP contribution in [-0.4, -0.2) is 33.5 Å². The number of hydrazine groups is 1. The third-order valence-corrected chi connectivity index (χ3v) is 4.81. The molecule has 5 amide bonds. The molecule has 10 heteroatoms. The zero-order valence-corrected chi connectivity index (χ0v) is 16.4. The zero-order chi connectivity index (χ0) is 20.3. The summed E-state index contributed by atoms with van der Waals surface area (Å²) in [5.41, 5.74) is 1.86. The minimum Gasteiger partial charge on any atom is -0.322 e. The number of nitrogens with one attached hydrogen (secondary N) is 3. The molecule has 3 rings (SSSR count). The van der Waals surface area contributed by atoms with Gasteiger partial charge in [-0.15, -0.1) is 0 Å². The van der Waals surface area contributed by atoms with E-state index < -0.39 is 29.3 Å². The van der Waals surface area contributed by atoms with Crippen LogP contribution in [0, 0.1) is 5.82 Å². The molecule has 146 valence electrons. The second-order valence-electron chi connectivity index (χ2n) is 6.45. The number of carbonyl (C=O) groups excluding carboxylic acids is 3. The average Bonchev–Trinajstić information content (AvgIpc) is 2.87. The monoisotopic (exact) mass is 449 g/mol. The molecule has 1 aromatic carbocycles. The molecule has 0 aliphatic carbocycles. The molecule has 0 radical (unpaired) electrons. The smallest absolute Gasteiger partial charge is 0.322 e. The minimum absolute atomic E-state index is 0.0896. The van der Waals surface area contributed by atoms with Gasteiger partial charge in [0.25, 0.3) is 5.91 Å². The average molecular weight is 450 g/mol. The number of hydrogen-bond acceptors (Lipinski definition) is 4. The van der Waals surface area contributed by atoms with E-state index >= 15 is 0 Å². The summed E-state index contributed by atoms with van der Waals surface area (Å²) in [5.74, 6) is -1.26. The summed E-state index contributed by atoms with van der Waals surface area (Å²) in [6.45, 7) is 1.59. The molecule has 1 aliphatic rings. The highest BCUT2D eigenvalue weighted by molar-refractivity contribution is 9.10. The fourth-order valence-corrected chi connectivity index (χ4v) is 3.07. The predicted octanol–water partition coefficient (Wildman–Crippen LogP) is 2.96. The van der Waals surface area contributed by atoms with Gasteiger partial charge >= 0.3 is 12.1 Å². The van der Waals surface area contributed by atoms with E-state index in [4.69, 9.17) is 0 Å². The molecule has 28 heavy (non-hydrogen) atoms. The van der Waals surface area contributed by atoms with Gasteiger partial charge in [-0.3, -0.25) is 9.78 Å². The van der Waals surface area contributed by atoms with E-state index in [-0.39, 0.29) is 5.69 Å². The highest BCUT2D eigenvalue weighted by Gasteiger charge is 2.48. The molecule has 2 heterocycles. The highest BCUT2D eigenvalue weighted by atomic mass is 79.9. The Morgan fingerprint density at radius 1 is 1.29 bits per heavy atom. The first-order valence-corrected chi connectivity index (χ1v) is 9.16. The van der Waals surface area contributed by atoms with Crippen LogP contribution >= 0.6 is 15.9 Å². The van der Waals surface area contributed by atoms with Gasteiger partial charge in [-0.1, -0.05) is 15.9 Å². The number of anilines is 1. The third-order valence-electron chi connectivity index (χ3n) is 4.32. The Balaban J connectivity index is 1.63. The number of nitrogens with zero attached hydrogens (tertiary/aromatic N) is 2. The molecule has 1 atom stereocenters. The summed E-state index contributed by atoms with van der Waals surface area (Å²) in [4.78, 5) is 40.9. The number of hydrogen-bond donors (Lipinski definition) is 3. The first kappa shape index (κ1) is 19.7. The van der Waals surface area contributed by atoms with Gasteiger partial charge in [-0.25, -0.2) is 19.4 Å². The molecule has 1 aliphatic heterocycles. The van der Waals surface area contributed by atoms with Crippen molar-refractivity contribution in [3.63, 3.8) is 0 Å². The Hall–Kier alpha value is -3.01. The van der Waals surface area contributed by atoms with Crippen LogP contribution in [0.1, 0.15) is 18.9 Å². The van der Waals surface area contributed by atoms with Crippen molar-refractivity contribution in [3.05, 3.63) is 58.6 Å². The maximum atomic E-state index is 13.8. The number of halogens is 2. The molecule has 1 saturated heterocycles. The molecule has 3 N–H and O–H groups in total. The molecule has 0 unspecified atom stereocenters. The Bertz CT molecular complexity index is 927. The maximum absolute atomic E-state index is 13.8. The number of amides is 5. The largest absolute Gasteiger partial charge is 0.344 e. The second-order valence-corrected chi connectivity index (χ2v) is 7.36. The lowest BCUT2D eigenvalue weighted by Gasteiger charge is -2.21. The van der Waals surface area contributed by atoms with E-state index in [1.807, 2.05) is 12.1 Å². The molecular formula is C18H17BrFN5O3. The van der Waals surface area contributed by atoms with Crippen LogP contribution in [0.3, 0.4) is 0 Å². The van der Waals surface area contributed by atoms with Crippen molar-refractivity contribution in [3.8, 4) is 0 Å². The molecule has 0 saturated carbocycles. The van der Waals surface area contributed by atoms with Gasteiger partial charge in [-0.2, -0.15) is 5.01 Å². The van der Waals surface area contributed by atoms with Crippen molar-refractivity contribution in [1.29, 1.82) is 0 Å². The Morgan fingerprint density at radius 2 is 2.00 bits per heavy atom. The molecular weight excluding hydrogens is 433 g/mol. The summed E-state index contributed by atoms with van der Waals surface area (Å²) in [5, 5.41) is 5.45. The number of carbonyl (C=O) groups is 3. The van der Waals surface area contributed by atoms with Crippen molar-refractivity contribution in [2.75, 3.05) is 5.32 Å². The lowest BCUT2D eigenvalue weighted by molar-refractivity contribution is -0.132. The minimum atomic E-state index is -1.17. The maximum Gasteiger partial charge on any atom is 0.344 e. The molecule has 1 fully saturated rings. The Morgan fingerprint density at radius 3 is 2.68 bits per heavy atom. The summed E-state index contributed by atoms with van der Waals surface area (Å²) < 4.78 is 14.3. The van der Waals surface area contributed by atoms with Gasteiger partial charge in [-0.05, 0) is 55.7 Å². The van der Waals surface area contributed by atoms with E-state index in [1.54, 1.807) is 25.4 Å². The number of benzene rings is 1. The standard InChI is InChI=1S/C18H17BrFN5O3/c1-18(7-4-11-5-8-21-9-6-11)15(26)25(17(28)23-18)24-16(27)22-14-3-2-12(19)10-13(14)20/h2-3,5-6,8-10H,4,7H2,1H3,(H,23,28)(H2,22,24,27)/t18-/m1/s1. The van der Waals surface area contributed by atoms with Crippen molar-refractivity contribution < 1.29 is 18.8 Å². The van der Waals surface area contributed by atoms with E-state index in [9.17, 15) is 18.8 Å². The van der Waals surface area contributed by atoms with Crippen LogP contribution in [0.5, 0.6) is 0 Å². The van der Waals surface area contributed by atoms with E-state index in [0.29, 0.717) is 22.3 Å². The fourth-order valence-electron chi connectivity index (χ4n) is 2.74. The first-order valence-electron chi connectivity index (χ1n) is 8.37.